The number of carbonyl (C=O) groups is 1. The molecule has 0 saturated heterocycles. The monoisotopic (exact) mass is 513 g/mol. The van der Waals surface area contributed by atoms with Crippen LogP contribution in [0.3, 0.4) is 0 Å². The lowest BCUT2D eigenvalue weighted by atomic mass is 10.2. The molecule has 0 spiro atoms. The summed E-state index contributed by atoms with van der Waals surface area (Å²) in [6, 6.07) is 16.3. The smallest absolute Gasteiger partial charge is 0.319 e. The molecule has 35 heavy (non-hydrogen) atoms. The largest absolute Gasteiger partial charge is 0.328 e. The van der Waals surface area contributed by atoms with E-state index in [2.05, 4.69) is 20.8 Å². The molecule has 0 bridgehead atoms. The molecule has 1 aromatic heterocycles. The maximum absolute atomic E-state index is 13.4. The number of aryl methyl sites for hydroxylation is 1. The highest BCUT2D eigenvalue weighted by atomic mass is 35.5. The van der Waals surface area contributed by atoms with Crippen LogP contribution in [0, 0.1) is 18.6 Å². The molecule has 0 fully saturated rings. The standard InChI is InChI=1S/C25H22ClF2N5OS/c1-15-6-9-18(26)12-22(15)33-23(16(2)29-24(34)30-21-5-3-4-20(28)13-21)31-32-25(33)35-14-17-7-10-19(27)11-8-17/h3-13,16H,14H2,1-2H3,(H2,29,30,34). The fraction of sp³-hybridized carbons (Fsp3) is 0.160. The highest BCUT2D eigenvalue weighted by Crippen LogP contribution is 2.30. The lowest BCUT2D eigenvalue weighted by Gasteiger charge is -2.18. The molecule has 3 aromatic carbocycles. The van der Waals surface area contributed by atoms with E-state index in [0.717, 1.165) is 16.8 Å². The Morgan fingerprint density at radius 1 is 1.06 bits per heavy atom. The third-order valence-corrected chi connectivity index (χ3v) is 6.40. The molecule has 10 heteroatoms. The molecule has 4 aromatic rings. The van der Waals surface area contributed by atoms with Crippen molar-refractivity contribution in [3.8, 4) is 5.69 Å². The van der Waals surface area contributed by atoms with Crippen molar-refractivity contribution in [1.82, 2.24) is 20.1 Å². The molecule has 1 heterocycles. The van der Waals surface area contributed by atoms with Gasteiger partial charge in [0.1, 0.15) is 11.6 Å². The number of nitrogens with one attached hydrogen (secondary N) is 2. The zero-order chi connectivity index (χ0) is 24.9. The van der Waals surface area contributed by atoms with Crippen LogP contribution in [0.15, 0.2) is 71.9 Å². The number of hydrogen-bond acceptors (Lipinski definition) is 4. The van der Waals surface area contributed by atoms with Crippen molar-refractivity contribution in [2.45, 2.75) is 30.8 Å². The molecule has 2 N–H and O–H groups in total. The van der Waals surface area contributed by atoms with Crippen LogP contribution in [0.2, 0.25) is 5.02 Å². The summed E-state index contributed by atoms with van der Waals surface area (Å²) in [5, 5.41) is 15.3. The van der Waals surface area contributed by atoms with E-state index in [-0.39, 0.29) is 5.82 Å². The van der Waals surface area contributed by atoms with Crippen LogP contribution in [0.25, 0.3) is 5.69 Å². The number of nitrogens with zero attached hydrogens (tertiary/aromatic N) is 3. The Bertz CT molecular complexity index is 1350. The van der Waals surface area contributed by atoms with E-state index in [0.29, 0.717) is 27.4 Å². The van der Waals surface area contributed by atoms with E-state index in [9.17, 15) is 13.6 Å². The lowest BCUT2D eigenvalue weighted by Crippen LogP contribution is -2.32. The Labute approximate surface area is 210 Å². The number of rotatable bonds is 7. The number of aromatic nitrogens is 3. The van der Waals surface area contributed by atoms with Gasteiger partial charge in [-0.05, 0) is 67.4 Å². The van der Waals surface area contributed by atoms with Gasteiger partial charge in [-0.1, -0.05) is 47.6 Å². The first-order chi connectivity index (χ1) is 16.8. The maximum atomic E-state index is 13.4. The quantitative estimate of drug-likeness (QED) is 0.270. The topological polar surface area (TPSA) is 71.8 Å². The number of thioether (sulfide) groups is 1. The SMILES string of the molecule is Cc1ccc(Cl)cc1-n1c(SCc2ccc(F)cc2)nnc1C(C)NC(=O)Nc1cccc(F)c1. The van der Waals surface area contributed by atoms with Crippen molar-refractivity contribution < 1.29 is 13.6 Å². The van der Waals surface area contributed by atoms with Crippen molar-refractivity contribution in [3.63, 3.8) is 0 Å². The Hall–Kier alpha value is -3.43. The minimum absolute atomic E-state index is 0.296. The fourth-order valence-corrected chi connectivity index (χ4v) is 4.50. The molecule has 1 unspecified atom stereocenters. The van der Waals surface area contributed by atoms with E-state index >= 15 is 0 Å². The van der Waals surface area contributed by atoms with E-state index in [1.165, 1.54) is 42.1 Å². The molecule has 0 radical (unpaired) electrons. The van der Waals surface area contributed by atoms with Gasteiger partial charge in [-0.25, -0.2) is 13.6 Å². The Morgan fingerprint density at radius 3 is 2.57 bits per heavy atom. The second kappa shape index (κ2) is 10.9. The summed E-state index contributed by atoms with van der Waals surface area (Å²) in [5.41, 5.74) is 2.97. The number of amides is 2. The van der Waals surface area contributed by atoms with Crippen molar-refractivity contribution >= 4 is 35.1 Å². The van der Waals surface area contributed by atoms with Crippen molar-refractivity contribution in [2.24, 2.45) is 0 Å². The van der Waals surface area contributed by atoms with Gasteiger partial charge in [0.25, 0.3) is 0 Å². The van der Waals surface area contributed by atoms with Gasteiger partial charge in [-0.15, -0.1) is 10.2 Å². The van der Waals surface area contributed by atoms with Gasteiger partial charge >= 0.3 is 6.03 Å². The highest BCUT2D eigenvalue weighted by molar-refractivity contribution is 7.98. The predicted molar refractivity (Wildman–Crippen MR) is 134 cm³/mol. The first-order valence-electron chi connectivity index (χ1n) is 10.7. The first kappa shape index (κ1) is 24.7. The minimum Gasteiger partial charge on any atom is -0.328 e. The van der Waals surface area contributed by atoms with E-state index in [4.69, 9.17) is 11.6 Å². The van der Waals surface area contributed by atoms with E-state index in [1.54, 1.807) is 31.2 Å². The normalized spacial score (nSPS) is 11.8. The van der Waals surface area contributed by atoms with Gasteiger partial charge < -0.3 is 10.6 Å². The van der Waals surface area contributed by atoms with Crippen LogP contribution in [0.5, 0.6) is 0 Å². The maximum Gasteiger partial charge on any atom is 0.319 e. The van der Waals surface area contributed by atoms with Gasteiger partial charge in [0.15, 0.2) is 11.0 Å². The molecule has 1 atom stereocenters. The van der Waals surface area contributed by atoms with Gasteiger partial charge in [0.2, 0.25) is 0 Å². The van der Waals surface area contributed by atoms with E-state index < -0.39 is 17.9 Å². The average Bonchev–Trinajstić information content (AvgIpc) is 3.24. The second-order valence-corrected chi connectivity index (χ2v) is 9.23. The number of hydrogen-bond donors (Lipinski definition) is 2. The van der Waals surface area contributed by atoms with Crippen LogP contribution in [0.4, 0.5) is 19.3 Å². The van der Waals surface area contributed by atoms with Crippen molar-refractivity contribution in [2.75, 3.05) is 5.32 Å². The van der Waals surface area contributed by atoms with Crippen molar-refractivity contribution in [1.29, 1.82) is 0 Å². The van der Waals surface area contributed by atoms with Crippen LogP contribution in [0.1, 0.15) is 29.9 Å². The molecular weight excluding hydrogens is 492 g/mol. The van der Waals surface area contributed by atoms with Crippen LogP contribution in [-0.4, -0.2) is 20.8 Å². The number of anilines is 1. The zero-order valence-corrected chi connectivity index (χ0v) is 20.5. The second-order valence-electron chi connectivity index (χ2n) is 7.85. The van der Waals surface area contributed by atoms with Gasteiger partial charge in [-0.3, -0.25) is 4.57 Å². The van der Waals surface area contributed by atoms with Gasteiger partial charge in [-0.2, -0.15) is 0 Å². The highest BCUT2D eigenvalue weighted by Gasteiger charge is 2.22. The molecule has 6 nitrogen and oxygen atoms in total. The molecular formula is C25H22ClF2N5OS. The molecule has 0 aliphatic heterocycles. The molecule has 0 aliphatic rings. The lowest BCUT2D eigenvalue weighted by molar-refractivity contribution is 0.249. The predicted octanol–water partition coefficient (Wildman–Crippen LogP) is 6.68. The fourth-order valence-electron chi connectivity index (χ4n) is 3.43. The number of urea groups is 1. The Morgan fingerprint density at radius 2 is 1.83 bits per heavy atom. The summed E-state index contributed by atoms with van der Waals surface area (Å²) in [4.78, 5) is 12.6. The molecule has 0 aliphatic carbocycles. The van der Waals surface area contributed by atoms with Gasteiger partial charge in [0.05, 0.1) is 11.7 Å². The van der Waals surface area contributed by atoms with Crippen LogP contribution < -0.4 is 10.6 Å². The number of carbonyl (C=O) groups excluding carboxylic acids is 1. The third-order valence-electron chi connectivity index (χ3n) is 5.17. The third kappa shape index (κ3) is 6.17. The van der Waals surface area contributed by atoms with Gasteiger partial charge in [0, 0.05) is 16.5 Å². The summed E-state index contributed by atoms with van der Waals surface area (Å²) in [7, 11) is 0. The molecule has 0 saturated carbocycles. The first-order valence-corrected chi connectivity index (χ1v) is 12.1. The number of benzene rings is 3. The van der Waals surface area contributed by atoms with Crippen molar-refractivity contribution in [3.05, 3.63) is 100 Å². The molecule has 2 amide bonds. The zero-order valence-electron chi connectivity index (χ0n) is 18.9. The Kier molecular flexibility index (Phi) is 7.67. The number of halogens is 3. The summed E-state index contributed by atoms with van der Waals surface area (Å²) < 4.78 is 28.6. The molecule has 4 rings (SSSR count). The summed E-state index contributed by atoms with van der Waals surface area (Å²) in [5.74, 6) is 0.288. The van der Waals surface area contributed by atoms with Crippen LogP contribution >= 0.6 is 23.4 Å². The Balaban J connectivity index is 1.60. The summed E-state index contributed by atoms with van der Waals surface area (Å²) in [6.07, 6.45) is 0. The average molecular weight is 514 g/mol. The summed E-state index contributed by atoms with van der Waals surface area (Å²) in [6.45, 7) is 3.72. The summed E-state index contributed by atoms with van der Waals surface area (Å²) >= 11 is 7.72. The molecule has 180 valence electrons. The van der Waals surface area contributed by atoms with Crippen LogP contribution in [-0.2, 0) is 5.75 Å². The van der Waals surface area contributed by atoms with E-state index in [1.807, 2.05) is 23.6 Å². The minimum atomic E-state index is -0.547.